The maximum atomic E-state index is 14.1. The first-order valence-electron chi connectivity index (χ1n) is 10.7. The number of rotatable bonds is 2. The first kappa shape index (κ1) is 20.9. The summed E-state index contributed by atoms with van der Waals surface area (Å²) in [5.74, 6) is -2.05. The third-order valence-corrected chi connectivity index (χ3v) is 7.50. The van der Waals surface area contributed by atoms with Crippen molar-refractivity contribution in [2.75, 3.05) is 13.1 Å². The number of pyridine rings is 1. The normalized spacial score (nSPS) is 17.6. The van der Waals surface area contributed by atoms with Crippen molar-refractivity contribution in [2.45, 2.75) is 36.3 Å². The van der Waals surface area contributed by atoms with Crippen molar-refractivity contribution in [1.82, 2.24) is 9.47 Å². The van der Waals surface area contributed by atoms with E-state index in [1.165, 1.54) is 23.9 Å². The molecule has 32 heavy (non-hydrogen) atoms. The lowest BCUT2D eigenvalue weighted by molar-refractivity contribution is 0.0789. The van der Waals surface area contributed by atoms with E-state index in [1.54, 1.807) is 11.0 Å². The fraction of sp³-hybridized carbons (Fsp3) is 0.280. The van der Waals surface area contributed by atoms with Crippen molar-refractivity contribution in [3.8, 4) is 5.69 Å². The molecule has 4 nitrogen and oxygen atoms in total. The van der Waals surface area contributed by atoms with Gasteiger partial charge in [-0.05, 0) is 49.6 Å². The van der Waals surface area contributed by atoms with Gasteiger partial charge in [0, 0.05) is 47.1 Å². The number of hydrogen-bond donors (Lipinski definition) is 0. The van der Waals surface area contributed by atoms with Gasteiger partial charge in [0.1, 0.15) is 5.56 Å². The highest BCUT2D eigenvalue weighted by atomic mass is 32.2. The Labute approximate surface area is 188 Å². The summed E-state index contributed by atoms with van der Waals surface area (Å²) in [4.78, 5) is 29.2. The Morgan fingerprint density at radius 2 is 1.78 bits per heavy atom. The van der Waals surface area contributed by atoms with Crippen LogP contribution in [0.15, 0.2) is 58.2 Å². The van der Waals surface area contributed by atoms with Gasteiger partial charge in [-0.2, -0.15) is 0 Å². The molecule has 2 aliphatic heterocycles. The Bertz CT molecular complexity index is 1280. The van der Waals surface area contributed by atoms with E-state index in [1.807, 2.05) is 35.8 Å². The van der Waals surface area contributed by atoms with Gasteiger partial charge in [-0.15, -0.1) is 11.8 Å². The molecule has 1 unspecified atom stereocenters. The van der Waals surface area contributed by atoms with Crippen LogP contribution in [0.3, 0.4) is 0 Å². The number of thioether (sulfide) groups is 1. The minimum absolute atomic E-state index is 0.183. The van der Waals surface area contributed by atoms with Gasteiger partial charge in [-0.3, -0.25) is 9.59 Å². The predicted molar refractivity (Wildman–Crippen MR) is 121 cm³/mol. The van der Waals surface area contributed by atoms with Crippen molar-refractivity contribution >= 4 is 17.7 Å². The zero-order valence-electron chi connectivity index (χ0n) is 17.6. The van der Waals surface area contributed by atoms with Crippen molar-refractivity contribution in [3.05, 3.63) is 92.9 Å². The molecule has 0 N–H and O–H groups in total. The summed E-state index contributed by atoms with van der Waals surface area (Å²) in [7, 11) is 0. The number of amides is 1. The SMILES string of the molecule is Cc1cc(=O)c(C(=O)N2CCCC2)c2n1-c1ccccc1SC(c1ccc(F)c(F)c1)C2. The molecule has 3 heterocycles. The van der Waals surface area contributed by atoms with Crippen LogP contribution in [0.1, 0.15) is 45.4 Å². The van der Waals surface area contributed by atoms with E-state index in [2.05, 4.69) is 0 Å². The van der Waals surface area contributed by atoms with Crippen molar-refractivity contribution in [3.63, 3.8) is 0 Å². The number of halogens is 2. The monoisotopic (exact) mass is 452 g/mol. The van der Waals surface area contributed by atoms with Gasteiger partial charge >= 0.3 is 0 Å². The Balaban J connectivity index is 1.74. The highest BCUT2D eigenvalue weighted by molar-refractivity contribution is 7.99. The Morgan fingerprint density at radius 3 is 2.53 bits per heavy atom. The van der Waals surface area contributed by atoms with Crippen molar-refractivity contribution < 1.29 is 13.6 Å². The van der Waals surface area contributed by atoms with Crippen LogP contribution in [0.25, 0.3) is 5.69 Å². The molecule has 0 aliphatic carbocycles. The minimum atomic E-state index is -0.907. The van der Waals surface area contributed by atoms with Crippen LogP contribution in [-0.4, -0.2) is 28.5 Å². The average molecular weight is 453 g/mol. The third-order valence-electron chi connectivity index (χ3n) is 6.17. The summed E-state index contributed by atoms with van der Waals surface area (Å²) in [5.41, 5.74) is 2.75. The summed E-state index contributed by atoms with van der Waals surface area (Å²) in [6.45, 7) is 3.14. The zero-order valence-corrected chi connectivity index (χ0v) is 18.4. The molecule has 1 fully saturated rings. The van der Waals surface area contributed by atoms with Gasteiger partial charge in [0.15, 0.2) is 17.1 Å². The summed E-state index contributed by atoms with van der Waals surface area (Å²) < 4.78 is 29.6. The smallest absolute Gasteiger partial charge is 0.259 e. The van der Waals surface area contributed by atoms with E-state index >= 15 is 0 Å². The molecule has 0 saturated carbocycles. The number of likely N-dealkylation sites (tertiary alicyclic amines) is 1. The van der Waals surface area contributed by atoms with Crippen LogP contribution in [-0.2, 0) is 6.42 Å². The number of para-hydroxylation sites is 1. The van der Waals surface area contributed by atoms with E-state index in [4.69, 9.17) is 0 Å². The fourth-order valence-electron chi connectivity index (χ4n) is 4.64. The van der Waals surface area contributed by atoms with Crippen molar-refractivity contribution in [1.29, 1.82) is 0 Å². The summed E-state index contributed by atoms with van der Waals surface area (Å²) in [5, 5.41) is -0.286. The molecule has 0 spiro atoms. The van der Waals surface area contributed by atoms with E-state index in [0.29, 0.717) is 30.8 Å². The second-order valence-corrected chi connectivity index (χ2v) is 9.50. The molecular formula is C25H22F2N2O2S. The number of carbonyl (C=O) groups is 1. The second-order valence-electron chi connectivity index (χ2n) is 8.26. The number of fused-ring (bicyclic) bond motifs is 3. The van der Waals surface area contributed by atoms with Gasteiger partial charge in [0.05, 0.1) is 5.69 Å². The molecule has 1 saturated heterocycles. The lowest BCUT2D eigenvalue weighted by Crippen LogP contribution is -2.34. The lowest BCUT2D eigenvalue weighted by atomic mass is 10.0. The molecule has 164 valence electrons. The number of nitrogens with zero attached hydrogens (tertiary/aromatic N) is 2. The van der Waals surface area contributed by atoms with Crippen molar-refractivity contribution in [2.24, 2.45) is 0 Å². The first-order chi connectivity index (χ1) is 15.4. The number of carbonyl (C=O) groups excluding carboxylic acids is 1. The fourth-order valence-corrected chi connectivity index (χ4v) is 5.91. The first-order valence-corrected chi connectivity index (χ1v) is 11.6. The van der Waals surface area contributed by atoms with Gasteiger partial charge in [-0.25, -0.2) is 8.78 Å². The highest BCUT2D eigenvalue weighted by Crippen LogP contribution is 2.44. The average Bonchev–Trinajstić information content (AvgIpc) is 3.25. The Morgan fingerprint density at radius 1 is 1.03 bits per heavy atom. The molecule has 1 aromatic heterocycles. The molecule has 2 aliphatic rings. The molecule has 7 heteroatoms. The molecule has 0 bridgehead atoms. The van der Waals surface area contributed by atoms with E-state index < -0.39 is 11.6 Å². The minimum Gasteiger partial charge on any atom is -0.338 e. The zero-order chi connectivity index (χ0) is 22.4. The summed E-state index contributed by atoms with van der Waals surface area (Å²) >= 11 is 1.53. The lowest BCUT2D eigenvalue weighted by Gasteiger charge is -2.22. The maximum Gasteiger partial charge on any atom is 0.259 e. The number of benzene rings is 2. The van der Waals surface area contributed by atoms with Crippen LogP contribution in [0.5, 0.6) is 0 Å². The van der Waals surface area contributed by atoms with Crippen LogP contribution in [0, 0.1) is 18.6 Å². The molecule has 3 aromatic rings. The molecule has 0 radical (unpaired) electrons. The largest absolute Gasteiger partial charge is 0.338 e. The van der Waals surface area contributed by atoms with E-state index in [-0.39, 0.29) is 22.1 Å². The Hall–Kier alpha value is -2.93. The molecule has 2 aromatic carbocycles. The molecule has 1 amide bonds. The van der Waals surface area contributed by atoms with Gasteiger partial charge in [-0.1, -0.05) is 18.2 Å². The summed E-state index contributed by atoms with van der Waals surface area (Å²) in [6, 6.07) is 13.2. The van der Waals surface area contributed by atoms with E-state index in [9.17, 15) is 18.4 Å². The quantitative estimate of drug-likeness (QED) is 0.547. The second kappa shape index (κ2) is 8.20. The molecule has 1 atom stereocenters. The summed E-state index contributed by atoms with van der Waals surface area (Å²) in [6.07, 6.45) is 2.20. The molecule has 5 rings (SSSR count). The topological polar surface area (TPSA) is 42.3 Å². The van der Waals surface area contributed by atoms with E-state index in [0.717, 1.165) is 35.2 Å². The van der Waals surface area contributed by atoms with Gasteiger partial charge < -0.3 is 9.47 Å². The van der Waals surface area contributed by atoms with Gasteiger partial charge in [0.25, 0.3) is 5.91 Å². The predicted octanol–water partition coefficient (Wildman–Crippen LogP) is 5.05. The maximum absolute atomic E-state index is 14.1. The number of hydrogen-bond acceptors (Lipinski definition) is 3. The van der Waals surface area contributed by atoms with Gasteiger partial charge in [0.2, 0.25) is 0 Å². The van der Waals surface area contributed by atoms with Crippen LogP contribution in [0.4, 0.5) is 8.78 Å². The third kappa shape index (κ3) is 3.54. The standard InChI is InChI=1S/C25H22F2N2O2S/c1-15-12-21(30)24(25(31)28-10-4-5-11-28)20-14-23(16-8-9-17(26)18(27)13-16)32-22-7-3-2-6-19(22)29(15)20/h2-3,6-9,12-13,23H,4-5,10-11,14H2,1H3. The van der Waals surface area contributed by atoms with Crippen LogP contribution in [0.2, 0.25) is 0 Å². The molecular weight excluding hydrogens is 430 g/mol. The van der Waals surface area contributed by atoms with Crippen LogP contribution >= 0.6 is 11.8 Å². The Kier molecular flexibility index (Phi) is 5.37. The number of aryl methyl sites for hydroxylation is 1. The highest BCUT2D eigenvalue weighted by Gasteiger charge is 2.31. The van der Waals surface area contributed by atoms with Crippen LogP contribution < -0.4 is 5.43 Å². The number of aromatic nitrogens is 1.